The minimum Gasteiger partial charge on any atom is -0.462 e. The van der Waals surface area contributed by atoms with Crippen LogP contribution in [0, 0.1) is 0 Å². The quantitative estimate of drug-likeness (QED) is 0.0288. The summed E-state index contributed by atoms with van der Waals surface area (Å²) < 4.78 is 32.6. The molecule has 50 heavy (non-hydrogen) atoms. The Labute approximate surface area is 303 Å². The van der Waals surface area contributed by atoms with Gasteiger partial charge in [0.15, 0.2) is 6.10 Å². The van der Waals surface area contributed by atoms with Crippen LogP contribution in [0.15, 0.2) is 72.9 Å². The highest BCUT2D eigenvalue weighted by Crippen LogP contribution is 2.43. The lowest BCUT2D eigenvalue weighted by Crippen LogP contribution is -2.29. The molecule has 9 nitrogen and oxygen atoms in total. The van der Waals surface area contributed by atoms with E-state index >= 15 is 0 Å². The van der Waals surface area contributed by atoms with Crippen LogP contribution < -0.4 is 5.73 Å². The highest BCUT2D eigenvalue weighted by atomic mass is 31.2. The summed E-state index contributed by atoms with van der Waals surface area (Å²) in [5, 5.41) is 0. The fourth-order valence-electron chi connectivity index (χ4n) is 4.54. The third-order valence-corrected chi connectivity index (χ3v) is 8.29. The molecule has 0 bridgehead atoms. The molecule has 0 fully saturated rings. The van der Waals surface area contributed by atoms with Crippen LogP contribution in [0.5, 0.6) is 0 Å². The van der Waals surface area contributed by atoms with Gasteiger partial charge in [-0.25, -0.2) is 4.57 Å². The summed E-state index contributed by atoms with van der Waals surface area (Å²) in [5.41, 5.74) is 5.32. The average Bonchev–Trinajstić information content (AvgIpc) is 3.10. The van der Waals surface area contributed by atoms with E-state index in [4.69, 9.17) is 24.3 Å². The molecule has 0 aromatic heterocycles. The Balaban J connectivity index is 4.31. The summed E-state index contributed by atoms with van der Waals surface area (Å²) in [7, 11) is -4.38. The van der Waals surface area contributed by atoms with Crippen molar-refractivity contribution in [1.82, 2.24) is 0 Å². The number of esters is 2. The van der Waals surface area contributed by atoms with Crippen molar-refractivity contribution in [3.63, 3.8) is 0 Å². The van der Waals surface area contributed by atoms with Crippen molar-refractivity contribution >= 4 is 19.8 Å². The maximum Gasteiger partial charge on any atom is 0.472 e. The van der Waals surface area contributed by atoms with Crippen molar-refractivity contribution in [2.45, 2.75) is 142 Å². The number of phosphoric ester groups is 1. The van der Waals surface area contributed by atoms with E-state index in [1.807, 2.05) is 0 Å². The van der Waals surface area contributed by atoms with Crippen LogP contribution in [-0.4, -0.2) is 49.3 Å². The van der Waals surface area contributed by atoms with Crippen molar-refractivity contribution in [2.75, 3.05) is 26.4 Å². The molecule has 0 amide bonds. The minimum absolute atomic E-state index is 0.0427. The van der Waals surface area contributed by atoms with Gasteiger partial charge in [0.25, 0.3) is 0 Å². The number of carbonyl (C=O) groups is 2. The topological polar surface area (TPSA) is 134 Å². The van der Waals surface area contributed by atoms with Gasteiger partial charge >= 0.3 is 19.8 Å². The lowest BCUT2D eigenvalue weighted by Gasteiger charge is -2.19. The number of rotatable bonds is 34. The molecule has 0 saturated carbocycles. The first-order valence-electron chi connectivity index (χ1n) is 18.9. The van der Waals surface area contributed by atoms with E-state index in [1.54, 1.807) is 0 Å². The first-order chi connectivity index (χ1) is 24.3. The van der Waals surface area contributed by atoms with Crippen LogP contribution in [0.1, 0.15) is 136 Å². The molecule has 0 aliphatic heterocycles. The fourth-order valence-corrected chi connectivity index (χ4v) is 5.31. The van der Waals surface area contributed by atoms with Gasteiger partial charge in [-0.1, -0.05) is 119 Å². The normalized spacial score (nSPS) is 14.2. The average molecular weight is 722 g/mol. The Bertz CT molecular complexity index is 1050. The minimum atomic E-state index is -4.38. The summed E-state index contributed by atoms with van der Waals surface area (Å²) in [6, 6.07) is 0. The molecule has 0 aliphatic rings. The van der Waals surface area contributed by atoms with Crippen molar-refractivity contribution < 1.29 is 37.6 Å². The second-order valence-electron chi connectivity index (χ2n) is 12.1. The van der Waals surface area contributed by atoms with Gasteiger partial charge in [0.1, 0.15) is 6.61 Å². The van der Waals surface area contributed by atoms with Crippen molar-refractivity contribution in [3.8, 4) is 0 Å². The molecule has 0 spiro atoms. The van der Waals surface area contributed by atoms with Gasteiger partial charge < -0.3 is 20.1 Å². The number of hydrogen-bond donors (Lipinski definition) is 2. The molecule has 0 heterocycles. The summed E-state index contributed by atoms with van der Waals surface area (Å²) in [4.78, 5) is 34.6. The molecule has 0 aromatic rings. The second-order valence-corrected chi connectivity index (χ2v) is 13.5. The molecule has 0 rings (SSSR count). The standard InChI is InChI=1S/C40H68NO8P/c1-3-5-7-9-11-13-15-16-17-18-19-20-21-22-23-25-27-29-31-33-40(43)49-38(37-48-50(44,45)47-35-34-41)36-46-39(42)32-30-28-26-24-14-12-10-8-6-4-2/h5,7-8,10-11,13,16-17,19-20,22-23,38H,3-4,6,9,12,14-15,18,21,24-37,41H2,1-2H3,(H,44,45)/b7-5-,10-8-,13-11-,17-16-,20-19-,23-22-. The molecular formula is C40H68NO8P. The van der Waals surface area contributed by atoms with Crippen molar-refractivity contribution in [2.24, 2.45) is 5.73 Å². The van der Waals surface area contributed by atoms with Crippen LogP contribution in [0.25, 0.3) is 0 Å². The number of unbranched alkanes of at least 4 members (excludes halogenated alkanes) is 9. The van der Waals surface area contributed by atoms with Crippen LogP contribution in [0.3, 0.4) is 0 Å². The number of hydrogen-bond acceptors (Lipinski definition) is 8. The zero-order valence-electron chi connectivity index (χ0n) is 31.1. The molecule has 0 radical (unpaired) electrons. The third kappa shape index (κ3) is 35.3. The van der Waals surface area contributed by atoms with Gasteiger partial charge in [-0.2, -0.15) is 0 Å². The molecule has 286 valence electrons. The number of nitrogens with two attached hydrogens (primary N) is 1. The summed E-state index contributed by atoms with van der Waals surface area (Å²) >= 11 is 0. The first-order valence-corrected chi connectivity index (χ1v) is 20.4. The lowest BCUT2D eigenvalue weighted by molar-refractivity contribution is -0.161. The number of allylic oxidation sites excluding steroid dienone is 12. The van der Waals surface area contributed by atoms with Gasteiger partial charge in [-0.3, -0.25) is 18.6 Å². The Morgan fingerprint density at radius 3 is 1.68 bits per heavy atom. The fraction of sp³-hybridized carbons (Fsp3) is 0.650. The predicted octanol–water partition coefficient (Wildman–Crippen LogP) is 10.3. The van der Waals surface area contributed by atoms with E-state index < -0.39 is 32.5 Å². The Morgan fingerprint density at radius 2 is 1.10 bits per heavy atom. The largest absolute Gasteiger partial charge is 0.472 e. The van der Waals surface area contributed by atoms with Crippen LogP contribution >= 0.6 is 7.82 Å². The van der Waals surface area contributed by atoms with Gasteiger partial charge in [0.05, 0.1) is 13.2 Å². The van der Waals surface area contributed by atoms with Crippen LogP contribution in [-0.2, 0) is 32.7 Å². The molecule has 0 aromatic carbocycles. The first kappa shape index (κ1) is 47.4. The summed E-state index contributed by atoms with van der Waals surface area (Å²) in [6.45, 7) is 3.47. The highest BCUT2D eigenvalue weighted by Gasteiger charge is 2.25. The number of phosphoric acid groups is 1. The maximum absolute atomic E-state index is 12.5. The van der Waals surface area contributed by atoms with Gasteiger partial charge in [0, 0.05) is 19.4 Å². The molecule has 3 N–H and O–H groups in total. The molecular weight excluding hydrogens is 653 g/mol. The number of carbonyl (C=O) groups excluding carboxylic acids is 2. The van der Waals surface area contributed by atoms with Crippen molar-refractivity contribution in [3.05, 3.63) is 72.9 Å². The third-order valence-electron chi connectivity index (χ3n) is 7.31. The second kappa shape index (κ2) is 36.2. The van der Waals surface area contributed by atoms with E-state index in [0.717, 1.165) is 89.9 Å². The van der Waals surface area contributed by atoms with E-state index in [1.165, 1.54) is 6.42 Å². The molecule has 0 saturated heterocycles. The number of ether oxygens (including phenoxy) is 2. The predicted molar refractivity (Wildman–Crippen MR) is 206 cm³/mol. The molecule has 2 unspecified atom stereocenters. The monoisotopic (exact) mass is 721 g/mol. The van der Waals surface area contributed by atoms with Gasteiger partial charge in [0.2, 0.25) is 0 Å². The Morgan fingerprint density at radius 1 is 0.620 bits per heavy atom. The summed E-state index contributed by atoms with van der Waals surface area (Å²) in [6.07, 6.45) is 42.2. The van der Waals surface area contributed by atoms with E-state index in [0.29, 0.717) is 12.8 Å². The van der Waals surface area contributed by atoms with Gasteiger partial charge in [-0.05, 0) is 77.0 Å². The van der Waals surface area contributed by atoms with E-state index in [2.05, 4.69) is 86.8 Å². The SMILES string of the molecule is CC/C=C\C/C=C\C/C=C\C/C=C\C/C=C\CCCCCC(=O)OC(COC(=O)CCCCCCC/C=C\CCC)COP(=O)(O)OCCN. The molecule has 10 heteroatoms. The van der Waals surface area contributed by atoms with E-state index in [-0.39, 0.29) is 32.6 Å². The smallest absolute Gasteiger partial charge is 0.462 e. The van der Waals surface area contributed by atoms with Gasteiger partial charge in [-0.15, -0.1) is 0 Å². The van der Waals surface area contributed by atoms with Crippen LogP contribution in [0.2, 0.25) is 0 Å². The Hall–Kier alpha value is -2.55. The Kier molecular flexibility index (Phi) is 34.4. The molecule has 0 aliphatic carbocycles. The zero-order valence-corrected chi connectivity index (χ0v) is 32.0. The maximum atomic E-state index is 12.5. The zero-order chi connectivity index (χ0) is 36.8. The molecule has 2 atom stereocenters. The van der Waals surface area contributed by atoms with Crippen LogP contribution in [0.4, 0.5) is 0 Å². The van der Waals surface area contributed by atoms with Crippen molar-refractivity contribution in [1.29, 1.82) is 0 Å². The highest BCUT2D eigenvalue weighted by molar-refractivity contribution is 7.47. The lowest BCUT2D eigenvalue weighted by atomic mass is 10.1. The van der Waals surface area contributed by atoms with E-state index in [9.17, 15) is 19.0 Å². The summed E-state index contributed by atoms with van der Waals surface area (Å²) in [5.74, 6) is -0.889.